The number of anilines is 1. The molecule has 0 spiro atoms. The zero-order chi connectivity index (χ0) is 15.4. The molecule has 112 valence electrons. The summed E-state index contributed by atoms with van der Waals surface area (Å²) in [6.45, 7) is 0.504. The van der Waals surface area contributed by atoms with E-state index in [-0.39, 0.29) is 0 Å². The molecule has 0 unspecified atom stereocenters. The van der Waals surface area contributed by atoms with Gasteiger partial charge in [0.15, 0.2) is 5.96 Å². The van der Waals surface area contributed by atoms with Gasteiger partial charge in [-0.2, -0.15) is 0 Å². The van der Waals surface area contributed by atoms with Crippen LogP contribution in [0.3, 0.4) is 0 Å². The molecule has 2 aromatic carbocycles. The summed E-state index contributed by atoms with van der Waals surface area (Å²) < 4.78 is 5.11. The summed E-state index contributed by atoms with van der Waals surface area (Å²) in [6, 6.07) is 17.7. The Morgan fingerprint density at radius 3 is 2.68 bits per heavy atom. The summed E-state index contributed by atoms with van der Waals surface area (Å²) in [4.78, 5) is 7.67. The standard InChI is InChI=1S/C17H18N4O/c1-22-15-8-6-13(7-9-15)21-17(18)19-11-14-10-12-4-2-3-5-16(12)20-14/h2-10,20H,11H2,1H3,(H3,18,19,21). The summed E-state index contributed by atoms with van der Waals surface area (Å²) in [5, 5.41) is 4.23. The number of rotatable bonds is 4. The minimum atomic E-state index is 0.379. The summed E-state index contributed by atoms with van der Waals surface area (Å²) >= 11 is 0. The van der Waals surface area contributed by atoms with Gasteiger partial charge in [0.2, 0.25) is 0 Å². The molecule has 0 saturated carbocycles. The van der Waals surface area contributed by atoms with Crippen molar-refractivity contribution in [1.29, 1.82) is 0 Å². The molecule has 4 N–H and O–H groups in total. The lowest BCUT2D eigenvalue weighted by Crippen LogP contribution is -2.22. The van der Waals surface area contributed by atoms with Gasteiger partial charge in [-0.25, -0.2) is 4.99 Å². The van der Waals surface area contributed by atoms with Gasteiger partial charge in [0.1, 0.15) is 5.75 Å². The van der Waals surface area contributed by atoms with Crippen molar-refractivity contribution in [2.75, 3.05) is 12.4 Å². The van der Waals surface area contributed by atoms with Gasteiger partial charge in [0.05, 0.1) is 13.7 Å². The number of H-pyrrole nitrogens is 1. The highest BCUT2D eigenvalue weighted by Crippen LogP contribution is 2.16. The fraction of sp³-hybridized carbons (Fsp3) is 0.118. The van der Waals surface area contributed by atoms with Crippen molar-refractivity contribution in [3.63, 3.8) is 0 Å². The third-order valence-electron chi connectivity index (χ3n) is 3.37. The van der Waals surface area contributed by atoms with Gasteiger partial charge in [-0.05, 0) is 41.8 Å². The van der Waals surface area contributed by atoms with E-state index in [0.717, 1.165) is 22.6 Å². The van der Waals surface area contributed by atoms with Crippen molar-refractivity contribution >= 4 is 22.5 Å². The molecule has 0 fully saturated rings. The molecule has 1 heterocycles. The number of nitrogens with zero attached hydrogens (tertiary/aromatic N) is 1. The number of nitrogens with two attached hydrogens (primary N) is 1. The lowest BCUT2D eigenvalue weighted by atomic mass is 10.2. The monoisotopic (exact) mass is 294 g/mol. The average Bonchev–Trinajstić information content (AvgIpc) is 2.96. The molecule has 0 amide bonds. The Morgan fingerprint density at radius 1 is 1.18 bits per heavy atom. The number of ether oxygens (including phenoxy) is 1. The van der Waals surface area contributed by atoms with E-state index in [1.807, 2.05) is 42.5 Å². The number of aromatic nitrogens is 1. The maximum atomic E-state index is 5.91. The van der Waals surface area contributed by atoms with E-state index in [2.05, 4.69) is 27.4 Å². The third kappa shape index (κ3) is 3.20. The first-order valence-corrected chi connectivity index (χ1v) is 7.02. The molecular formula is C17H18N4O. The maximum Gasteiger partial charge on any atom is 0.193 e. The summed E-state index contributed by atoms with van der Waals surface area (Å²) in [7, 11) is 1.64. The van der Waals surface area contributed by atoms with Crippen LogP contribution in [0.4, 0.5) is 5.69 Å². The molecule has 0 atom stereocenters. The van der Waals surface area contributed by atoms with Gasteiger partial charge in [-0.15, -0.1) is 0 Å². The average molecular weight is 294 g/mol. The number of aromatic amines is 1. The molecule has 0 radical (unpaired) electrons. The summed E-state index contributed by atoms with van der Waals surface area (Å²) in [5.74, 6) is 1.18. The number of nitrogens with one attached hydrogen (secondary N) is 2. The SMILES string of the molecule is COc1ccc(NC(N)=NCc2cc3ccccc3[nH]2)cc1. The Kier molecular flexibility index (Phi) is 3.96. The summed E-state index contributed by atoms with van der Waals surface area (Å²) in [6.07, 6.45) is 0. The predicted octanol–water partition coefficient (Wildman–Crippen LogP) is 3.10. The van der Waals surface area contributed by atoms with E-state index >= 15 is 0 Å². The van der Waals surface area contributed by atoms with Gasteiger partial charge in [0, 0.05) is 16.9 Å². The van der Waals surface area contributed by atoms with E-state index < -0.39 is 0 Å². The van der Waals surface area contributed by atoms with Crippen LogP contribution >= 0.6 is 0 Å². The van der Waals surface area contributed by atoms with E-state index in [4.69, 9.17) is 10.5 Å². The quantitative estimate of drug-likeness (QED) is 0.511. The molecule has 5 nitrogen and oxygen atoms in total. The van der Waals surface area contributed by atoms with E-state index in [1.165, 1.54) is 5.39 Å². The van der Waals surface area contributed by atoms with Crippen LogP contribution in [0.1, 0.15) is 5.69 Å². The number of para-hydroxylation sites is 1. The first-order valence-electron chi connectivity index (χ1n) is 7.02. The number of fused-ring (bicyclic) bond motifs is 1. The first kappa shape index (κ1) is 14.0. The second kappa shape index (κ2) is 6.22. The van der Waals surface area contributed by atoms with Gasteiger partial charge in [-0.3, -0.25) is 0 Å². The zero-order valence-corrected chi connectivity index (χ0v) is 12.3. The lowest BCUT2D eigenvalue weighted by Gasteiger charge is -2.06. The van der Waals surface area contributed by atoms with Crippen LogP contribution in [0, 0.1) is 0 Å². The van der Waals surface area contributed by atoms with Gasteiger partial charge >= 0.3 is 0 Å². The highest BCUT2D eigenvalue weighted by molar-refractivity contribution is 5.92. The largest absolute Gasteiger partial charge is 0.497 e. The van der Waals surface area contributed by atoms with Crippen molar-refractivity contribution < 1.29 is 4.74 Å². The van der Waals surface area contributed by atoms with Crippen LogP contribution in [0.5, 0.6) is 5.75 Å². The minimum Gasteiger partial charge on any atom is -0.497 e. The van der Waals surface area contributed by atoms with Gasteiger partial charge in [0.25, 0.3) is 0 Å². The lowest BCUT2D eigenvalue weighted by molar-refractivity contribution is 0.415. The first-order chi connectivity index (χ1) is 10.7. The third-order valence-corrected chi connectivity index (χ3v) is 3.37. The van der Waals surface area contributed by atoms with Crippen LogP contribution < -0.4 is 15.8 Å². The Labute approximate surface area is 128 Å². The molecule has 3 aromatic rings. The number of hydrogen-bond donors (Lipinski definition) is 3. The molecule has 0 bridgehead atoms. The van der Waals surface area contributed by atoms with Crippen LogP contribution in [0.2, 0.25) is 0 Å². The molecule has 3 rings (SSSR count). The second-order valence-corrected chi connectivity index (χ2v) is 4.94. The Morgan fingerprint density at radius 2 is 1.95 bits per heavy atom. The minimum absolute atomic E-state index is 0.379. The molecule has 22 heavy (non-hydrogen) atoms. The molecule has 0 saturated heterocycles. The molecule has 0 aliphatic carbocycles. The number of aliphatic imine (C=N–C) groups is 1. The highest BCUT2D eigenvalue weighted by Gasteiger charge is 2.00. The smallest absolute Gasteiger partial charge is 0.193 e. The van der Waals surface area contributed by atoms with Crippen molar-refractivity contribution in [2.24, 2.45) is 10.7 Å². The molecular weight excluding hydrogens is 276 g/mol. The number of benzene rings is 2. The number of hydrogen-bond acceptors (Lipinski definition) is 2. The molecule has 1 aromatic heterocycles. The van der Waals surface area contributed by atoms with Crippen LogP contribution in [-0.4, -0.2) is 18.1 Å². The maximum absolute atomic E-state index is 5.91. The van der Waals surface area contributed by atoms with E-state index in [0.29, 0.717) is 12.5 Å². The number of methoxy groups -OCH3 is 1. The van der Waals surface area contributed by atoms with Gasteiger partial charge in [-0.1, -0.05) is 18.2 Å². The van der Waals surface area contributed by atoms with Crippen molar-refractivity contribution in [1.82, 2.24) is 4.98 Å². The van der Waals surface area contributed by atoms with Crippen molar-refractivity contribution in [3.05, 3.63) is 60.3 Å². The van der Waals surface area contributed by atoms with E-state index in [1.54, 1.807) is 7.11 Å². The van der Waals surface area contributed by atoms with E-state index in [9.17, 15) is 0 Å². The van der Waals surface area contributed by atoms with Gasteiger partial charge < -0.3 is 20.8 Å². The van der Waals surface area contributed by atoms with Crippen molar-refractivity contribution in [3.8, 4) is 5.75 Å². The van der Waals surface area contributed by atoms with Crippen LogP contribution in [0.15, 0.2) is 59.6 Å². The fourth-order valence-corrected chi connectivity index (χ4v) is 2.25. The molecule has 5 heteroatoms. The molecule has 0 aliphatic rings. The Balaban J connectivity index is 1.66. The fourth-order valence-electron chi connectivity index (χ4n) is 2.25. The Bertz CT molecular complexity index is 757. The zero-order valence-electron chi connectivity index (χ0n) is 12.3. The van der Waals surface area contributed by atoms with Crippen molar-refractivity contribution in [2.45, 2.75) is 6.54 Å². The normalized spacial score (nSPS) is 11.6. The topological polar surface area (TPSA) is 75.4 Å². The second-order valence-electron chi connectivity index (χ2n) is 4.94. The highest BCUT2D eigenvalue weighted by atomic mass is 16.5. The summed E-state index contributed by atoms with van der Waals surface area (Å²) in [5.41, 5.74) is 8.92. The molecule has 0 aliphatic heterocycles. The number of guanidine groups is 1. The van der Waals surface area contributed by atoms with Crippen LogP contribution in [0.25, 0.3) is 10.9 Å². The Hall–Kier alpha value is -2.95. The van der Waals surface area contributed by atoms with Crippen LogP contribution in [-0.2, 0) is 6.54 Å². The predicted molar refractivity (Wildman–Crippen MR) is 90.2 cm³/mol.